The van der Waals surface area contributed by atoms with E-state index in [9.17, 15) is 13.7 Å². The summed E-state index contributed by atoms with van der Waals surface area (Å²) in [4.78, 5) is 3.89. The second-order valence-electron chi connectivity index (χ2n) is 5.17. The highest BCUT2D eigenvalue weighted by molar-refractivity contribution is 7.89. The molecule has 0 aromatic carbocycles. The van der Waals surface area contributed by atoms with Gasteiger partial charge in [-0.2, -0.15) is 9.98 Å². The summed E-state index contributed by atoms with van der Waals surface area (Å²) >= 11 is 0. The molecule has 0 radical (unpaired) electrons. The Balaban J connectivity index is 2.11. The van der Waals surface area contributed by atoms with E-state index < -0.39 is 16.1 Å². The van der Waals surface area contributed by atoms with Crippen LogP contribution in [0.15, 0.2) is 17.6 Å². The molecule has 6 nitrogen and oxygen atoms in total. The molecule has 20 heavy (non-hydrogen) atoms. The normalized spacial score (nSPS) is 18.6. The van der Waals surface area contributed by atoms with E-state index in [0.29, 0.717) is 6.54 Å². The number of imidazole rings is 1. The van der Waals surface area contributed by atoms with Crippen molar-refractivity contribution in [2.75, 3.05) is 0 Å². The van der Waals surface area contributed by atoms with Crippen LogP contribution in [0, 0.1) is 17.2 Å². The predicted octanol–water partition coefficient (Wildman–Crippen LogP) is 1.65. The molecule has 0 saturated heterocycles. The minimum atomic E-state index is -3.71. The average Bonchev–Trinajstić information content (AvgIpc) is 2.95. The van der Waals surface area contributed by atoms with Crippen molar-refractivity contribution >= 4 is 10.0 Å². The number of aromatic nitrogens is 2. The van der Waals surface area contributed by atoms with Gasteiger partial charge in [0.05, 0.1) is 12.4 Å². The lowest BCUT2D eigenvalue weighted by molar-refractivity contribution is 0.323. The lowest BCUT2D eigenvalue weighted by atomic mass is 9.85. The zero-order chi connectivity index (χ0) is 14.6. The molecule has 1 atom stereocenters. The first-order valence-corrected chi connectivity index (χ1v) is 8.49. The van der Waals surface area contributed by atoms with Gasteiger partial charge in [0.1, 0.15) is 6.04 Å². The number of aryl methyl sites for hydroxylation is 1. The van der Waals surface area contributed by atoms with E-state index >= 15 is 0 Å². The summed E-state index contributed by atoms with van der Waals surface area (Å²) < 4.78 is 28.7. The number of sulfonamides is 1. The summed E-state index contributed by atoms with van der Waals surface area (Å²) in [7, 11) is -3.71. The van der Waals surface area contributed by atoms with Crippen molar-refractivity contribution < 1.29 is 8.42 Å². The fourth-order valence-electron chi connectivity index (χ4n) is 2.57. The van der Waals surface area contributed by atoms with Crippen LogP contribution in [0.2, 0.25) is 0 Å². The van der Waals surface area contributed by atoms with E-state index in [-0.39, 0.29) is 10.9 Å². The molecule has 1 saturated carbocycles. The molecule has 7 heteroatoms. The Morgan fingerprint density at radius 3 is 2.75 bits per heavy atom. The first kappa shape index (κ1) is 15.0. The SMILES string of the molecule is CCn1cnc(S(=O)(=O)NC(C#N)C2CCCCC2)c1. The van der Waals surface area contributed by atoms with Gasteiger partial charge in [-0.15, -0.1) is 0 Å². The largest absolute Gasteiger partial charge is 0.336 e. The van der Waals surface area contributed by atoms with Gasteiger partial charge in [-0.25, -0.2) is 13.4 Å². The van der Waals surface area contributed by atoms with Crippen LogP contribution in [0.1, 0.15) is 39.0 Å². The molecule has 1 aromatic heterocycles. The maximum atomic E-state index is 12.2. The summed E-state index contributed by atoms with van der Waals surface area (Å²) in [6.45, 7) is 2.57. The summed E-state index contributed by atoms with van der Waals surface area (Å²) in [5.41, 5.74) is 0. The predicted molar refractivity (Wildman–Crippen MR) is 74.2 cm³/mol. The number of hydrogen-bond donors (Lipinski definition) is 1. The van der Waals surface area contributed by atoms with Crippen molar-refractivity contribution in [3.63, 3.8) is 0 Å². The summed E-state index contributed by atoms with van der Waals surface area (Å²) in [5.74, 6) is 0.108. The molecule has 1 aromatic rings. The average molecular weight is 296 g/mol. The van der Waals surface area contributed by atoms with E-state index in [1.165, 1.54) is 18.9 Å². The highest BCUT2D eigenvalue weighted by Gasteiger charge is 2.29. The molecule has 1 N–H and O–H groups in total. The monoisotopic (exact) mass is 296 g/mol. The van der Waals surface area contributed by atoms with Crippen LogP contribution < -0.4 is 4.72 Å². The summed E-state index contributed by atoms with van der Waals surface area (Å²) in [5, 5.41) is 9.22. The fourth-order valence-corrected chi connectivity index (χ4v) is 3.73. The summed E-state index contributed by atoms with van der Waals surface area (Å²) in [6.07, 6.45) is 8.08. The maximum absolute atomic E-state index is 12.2. The molecule has 110 valence electrons. The number of nitriles is 1. The van der Waals surface area contributed by atoms with Crippen molar-refractivity contribution in [2.45, 2.75) is 56.6 Å². The van der Waals surface area contributed by atoms with Crippen LogP contribution in [-0.2, 0) is 16.6 Å². The van der Waals surface area contributed by atoms with Gasteiger partial charge in [0.25, 0.3) is 10.0 Å². The van der Waals surface area contributed by atoms with Crippen molar-refractivity contribution in [1.82, 2.24) is 14.3 Å². The molecule has 1 aliphatic rings. The van der Waals surface area contributed by atoms with E-state index in [1.54, 1.807) is 4.57 Å². The number of hydrogen-bond acceptors (Lipinski definition) is 4. The zero-order valence-corrected chi connectivity index (χ0v) is 12.4. The van der Waals surface area contributed by atoms with E-state index in [0.717, 1.165) is 25.7 Å². The summed E-state index contributed by atoms with van der Waals surface area (Å²) in [6, 6.07) is 1.43. The third-order valence-electron chi connectivity index (χ3n) is 3.79. The Labute approximate surface area is 119 Å². The van der Waals surface area contributed by atoms with Crippen LogP contribution in [0.25, 0.3) is 0 Å². The Morgan fingerprint density at radius 2 is 2.20 bits per heavy atom. The molecule has 0 spiro atoms. The second-order valence-corrected chi connectivity index (χ2v) is 6.83. The van der Waals surface area contributed by atoms with Crippen LogP contribution in [-0.4, -0.2) is 24.0 Å². The minimum absolute atomic E-state index is 0.0181. The van der Waals surface area contributed by atoms with Gasteiger partial charge in [-0.3, -0.25) is 0 Å². The van der Waals surface area contributed by atoms with Crippen molar-refractivity contribution in [1.29, 1.82) is 5.26 Å². The molecule has 2 rings (SSSR count). The fraction of sp³-hybridized carbons (Fsp3) is 0.692. The van der Waals surface area contributed by atoms with Gasteiger partial charge in [0.2, 0.25) is 0 Å². The van der Waals surface area contributed by atoms with Crippen molar-refractivity contribution in [3.8, 4) is 6.07 Å². The van der Waals surface area contributed by atoms with Crippen LogP contribution in [0.3, 0.4) is 0 Å². The maximum Gasteiger partial charge on any atom is 0.260 e. The number of rotatable bonds is 5. The lowest BCUT2D eigenvalue weighted by Gasteiger charge is -2.25. The van der Waals surface area contributed by atoms with Gasteiger partial charge >= 0.3 is 0 Å². The van der Waals surface area contributed by atoms with Gasteiger partial charge < -0.3 is 4.57 Å². The van der Waals surface area contributed by atoms with E-state index in [4.69, 9.17) is 0 Å². The first-order valence-electron chi connectivity index (χ1n) is 7.00. The molecule has 1 unspecified atom stereocenters. The topological polar surface area (TPSA) is 87.8 Å². The van der Waals surface area contributed by atoms with E-state index in [2.05, 4.69) is 15.8 Å². The zero-order valence-electron chi connectivity index (χ0n) is 11.6. The first-order chi connectivity index (χ1) is 9.56. The molecule has 0 bridgehead atoms. The minimum Gasteiger partial charge on any atom is -0.336 e. The van der Waals surface area contributed by atoms with Gasteiger partial charge in [0, 0.05) is 12.7 Å². The molecule has 0 aliphatic heterocycles. The highest BCUT2D eigenvalue weighted by Crippen LogP contribution is 2.27. The molecule has 1 heterocycles. The quantitative estimate of drug-likeness (QED) is 0.895. The molecule has 0 amide bonds. The Morgan fingerprint density at radius 1 is 1.50 bits per heavy atom. The lowest BCUT2D eigenvalue weighted by Crippen LogP contribution is -2.40. The third kappa shape index (κ3) is 3.38. The van der Waals surface area contributed by atoms with Crippen molar-refractivity contribution in [2.24, 2.45) is 5.92 Å². The molecule has 1 aliphatic carbocycles. The van der Waals surface area contributed by atoms with Crippen LogP contribution in [0.5, 0.6) is 0 Å². The Hall–Kier alpha value is -1.39. The van der Waals surface area contributed by atoms with Crippen LogP contribution >= 0.6 is 0 Å². The van der Waals surface area contributed by atoms with Gasteiger partial charge in [0.15, 0.2) is 5.03 Å². The van der Waals surface area contributed by atoms with Crippen molar-refractivity contribution in [3.05, 3.63) is 12.5 Å². The standard InChI is InChI=1S/C13H20N4O2S/c1-2-17-9-13(15-10-17)20(18,19)16-12(8-14)11-6-4-3-5-7-11/h9-12,16H,2-7H2,1H3. The van der Waals surface area contributed by atoms with Gasteiger partial charge in [-0.05, 0) is 25.7 Å². The highest BCUT2D eigenvalue weighted by atomic mass is 32.2. The molecule has 1 fully saturated rings. The molecular formula is C13H20N4O2S. The molecular weight excluding hydrogens is 276 g/mol. The Kier molecular flexibility index (Phi) is 4.78. The van der Waals surface area contributed by atoms with Gasteiger partial charge in [-0.1, -0.05) is 19.3 Å². The third-order valence-corrected chi connectivity index (χ3v) is 5.12. The van der Waals surface area contributed by atoms with E-state index in [1.807, 2.05) is 6.92 Å². The second kappa shape index (κ2) is 6.37. The smallest absolute Gasteiger partial charge is 0.260 e. The Bertz CT molecular complexity index is 582. The number of nitrogens with one attached hydrogen (secondary N) is 1. The number of nitrogens with zero attached hydrogens (tertiary/aromatic N) is 3. The van der Waals surface area contributed by atoms with Crippen LogP contribution in [0.4, 0.5) is 0 Å².